The highest BCUT2D eigenvalue weighted by Gasteiger charge is 2.21. The second kappa shape index (κ2) is 8.86. The number of hydrogen-bond donors (Lipinski definition) is 2. The molecule has 1 fully saturated rings. The van der Waals surface area contributed by atoms with Crippen molar-refractivity contribution in [3.05, 3.63) is 22.8 Å². The van der Waals surface area contributed by atoms with E-state index in [1.54, 1.807) is 4.68 Å². The normalized spacial score (nSPS) is 15.4. The Bertz CT molecular complexity index is 815. The Balaban J connectivity index is 1.59. The average molecular weight is 388 g/mol. The van der Waals surface area contributed by atoms with Gasteiger partial charge in [-0.1, -0.05) is 13.8 Å². The van der Waals surface area contributed by atoms with Gasteiger partial charge in [-0.05, 0) is 57.7 Å². The fourth-order valence-electron chi connectivity index (χ4n) is 3.81. The Labute approximate surface area is 167 Å². The number of aromatic nitrogens is 5. The van der Waals surface area contributed by atoms with E-state index in [1.165, 1.54) is 5.56 Å². The minimum atomic E-state index is -0.0391. The Morgan fingerprint density at radius 1 is 1.25 bits per heavy atom. The first-order valence-corrected chi connectivity index (χ1v) is 10.3. The van der Waals surface area contributed by atoms with Gasteiger partial charge in [-0.2, -0.15) is 15.2 Å². The predicted octanol–water partition coefficient (Wildman–Crippen LogP) is 2.32. The Kier molecular flexibility index (Phi) is 6.49. The molecule has 1 aliphatic rings. The van der Waals surface area contributed by atoms with Crippen molar-refractivity contribution < 1.29 is 4.79 Å². The topological polar surface area (TPSA) is 89.7 Å². The second-order valence-corrected chi connectivity index (χ2v) is 8.21. The lowest BCUT2D eigenvalue weighted by Gasteiger charge is -2.19. The lowest BCUT2D eigenvalue weighted by atomic mass is 9.98. The summed E-state index contributed by atoms with van der Waals surface area (Å²) < 4.78 is 3.73. The molecule has 0 aliphatic carbocycles. The van der Waals surface area contributed by atoms with Gasteiger partial charge >= 0.3 is 0 Å². The summed E-state index contributed by atoms with van der Waals surface area (Å²) in [6.07, 6.45) is 3.16. The van der Waals surface area contributed by atoms with E-state index in [4.69, 9.17) is 0 Å². The maximum absolute atomic E-state index is 12.5. The molecule has 154 valence electrons. The average Bonchev–Trinajstić information content (AvgIpc) is 3.13. The second-order valence-electron chi connectivity index (χ2n) is 8.21. The number of piperidine rings is 1. The molecule has 1 amide bonds. The molecule has 0 unspecified atom stereocenters. The van der Waals surface area contributed by atoms with Crippen LogP contribution in [0.4, 0.5) is 5.95 Å². The summed E-state index contributed by atoms with van der Waals surface area (Å²) >= 11 is 0. The van der Waals surface area contributed by atoms with Crippen LogP contribution in [-0.4, -0.2) is 43.5 Å². The number of anilines is 1. The third-order valence-corrected chi connectivity index (χ3v) is 5.41. The Hall–Kier alpha value is -2.22. The number of carbonyl (C=O) groups excluding carboxylic acids is 1. The van der Waals surface area contributed by atoms with Gasteiger partial charge in [0.05, 0.1) is 5.69 Å². The van der Waals surface area contributed by atoms with Crippen LogP contribution in [-0.2, 0) is 24.8 Å². The van der Waals surface area contributed by atoms with Gasteiger partial charge in [0.2, 0.25) is 11.9 Å². The summed E-state index contributed by atoms with van der Waals surface area (Å²) in [7, 11) is 1.83. The molecule has 0 saturated carbocycles. The molecule has 28 heavy (non-hydrogen) atoms. The van der Waals surface area contributed by atoms with Crippen LogP contribution < -0.4 is 10.6 Å². The van der Waals surface area contributed by atoms with Crippen LogP contribution in [0, 0.1) is 19.8 Å². The standard InChI is InChI=1S/C20H33N7O/c1-13(2)12-27-15(4)17(14(3)24-27)6-7-18(28)22-20-23-19(25-26(20)5)16-8-10-21-11-9-16/h13,16,21H,6-12H2,1-5H3,(H,22,23,25,28). The van der Waals surface area contributed by atoms with Crippen molar-refractivity contribution >= 4 is 11.9 Å². The van der Waals surface area contributed by atoms with Gasteiger partial charge in [-0.3, -0.25) is 14.8 Å². The summed E-state index contributed by atoms with van der Waals surface area (Å²) in [5, 5.41) is 15.4. The molecule has 8 nitrogen and oxygen atoms in total. The van der Waals surface area contributed by atoms with Crippen molar-refractivity contribution in [3.8, 4) is 0 Å². The zero-order valence-electron chi connectivity index (χ0n) is 17.7. The van der Waals surface area contributed by atoms with Gasteiger partial charge in [0.15, 0.2) is 5.82 Å². The van der Waals surface area contributed by atoms with E-state index in [0.29, 0.717) is 30.6 Å². The molecule has 0 radical (unpaired) electrons. The van der Waals surface area contributed by atoms with Crippen LogP contribution in [0.3, 0.4) is 0 Å². The largest absolute Gasteiger partial charge is 0.317 e. The number of hydrogen-bond acceptors (Lipinski definition) is 5. The van der Waals surface area contributed by atoms with Crippen LogP contribution in [0.5, 0.6) is 0 Å². The lowest BCUT2D eigenvalue weighted by molar-refractivity contribution is -0.116. The van der Waals surface area contributed by atoms with Gasteiger partial charge in [0.1, 0.15) is 0 Å². The fraction of sp³-hybridized carbons (Fsp3) is 0.700. The molecule has 0 bridgehead atoms. The summed E-state index contributed by atoms with van der Waals surface area (Å²) in [5.74, 6) is 2.24. The SMILES string of the molecule is Cc1nn(CC(C)C)c(C)c1CCC(=O)Nc1nc(C2CCNCC2)nn1C. The quantitative estimate of drug-likeness (QED) is 0.761. The van der Waals surface area contributed by atoms with Crippen LogP contribution in [0.15, 0.2) is 0 Å². The molecule has 1 saturated heterocycles. The maximum atomic E-state index is 12.5. The number of amides is 1. The van der Waals surface area contributed by atoms with Gasteiger partial charge in [0.25, 0.3) is 0 Å². The number of nitrogens with one attached hydrogen (secondary N) is 2. The Morgan fingerprint density at radius 2 is 1.96 bits per heavy atom. The van der Waals surface area contributed by atoms with Crippen LogP contribution in [0.2, 0.25) is 0 Å². The highest BCUT2D eigenvalue weighted by Crippen LogP contribution is 2.23. The van der Waals surface area contributed by atoms with Crippen molar-refractivity contribution in [2.75, 3.05) is 18.4 Å². The van der Waals surface area contributed by atoms with E-state index >= 15 is 0 Å². The van der Waals surface area contributed by atoms with Crippen molar-refractivity contribution in [1.29, 1.82) is 0 Å². The third kappa shape index (κ3) is 4.79. The zero-order valence-corrected chi connectivity index (χ0v) is 17.7. The number of aryl methyl sites for hydroxylation is 2. The molecule has 8 heteroatoms. The van der Waals surface area contributed by atoms with Crippen LogP contribution in [0.25, 0.3) is 0 Å². The fourth-order valence-corrected chi connectivity index (χ4v) is 3.81. The van der Waals surface area contributed by atoms with Crippen LogP contribution in [0.1, 0.15) is 61.8 Å². The molecule has 1 aliphatic heterocycles. The summed E-state index contributed by atoms with van der Waals surface area (Å²) in [6.45, 7) is 11.4. The molecular formula is C20H33N7O. The molecule has 0 atom stereocenters. The van der Waals surface area contributed by atoms with Crippen LogP contribution >= 0.6 is 0 Å². The van der Waals surface area contributed by atoms with Gasteiger partial charge in [0, 0.05) is 31.6 Å². The minimum Gasteiger partial charge on any atom is -0.317 e. The Morgan fingerprint density at radius 3 is 2.64 bits per heavy atom. The maximum Gasteiger partial charge on any atom is 0.227 e. The molecule has 0 aromatic carbocycles. The van der Waals surface area contributed by atoms with Crippen molar-refractivity contribution in [2.24, 2.45) is 13.0 Å². The lowest BCUT2D eigenvalue weighted by Crippen LogP contribution is -2.27. The third-order valence-electron chi connectivity index (χ3n) is 5.41. The number of carbonyl (C=O) groups is 1. The van der Waals surface area contributed by atoms with Gasteiger partial charge in [-0.25, -0.2) is 4.68 Å². The summed E-state index contributed by atoms with van der Waals surface area (Å²) in [4.78, 5) is 17.1. The van der Waals surface area contributed by atoms with E-state index in [-0.39, 0.29) is 5.91 Å². The number of nitrogens with zero attached hydrogens (tertiary/aromatic N) is 5. The first kappa shape index (κ1) is 20.5. The van der Waals surface area contributed by atoms with E-state index < -0.39 is 0 Å². The smallest absolute Gasteiger partial charge is 0.227 e. The zero-order chi connectivity index (χ0) is 20.3. The van der Waals surface area contributed by atoms with E-state index in [9.17, 15) is 4.79 Å². The molecule has 3 heterocycles. The van der Waals surface area contributed by atoms with Gasteiger partial charge < -0.3 is 5.32 Å². The minimum absolute atomic E-state index is 0.0391. The molecule has 2 N–H and O–H groups in total. The van der Waals surface area contributed by atoms with Crippen molar-refractivity contribution in [2.45, 2.75) is 65.8 Å². The highest BCUT2D eigenvalue weighted by atomic mass is 16.1. The molecular weight excluding hydrogens is 354 g/mol. The number of rotatable bonds is 7. The first-order valence-electron chi connectivity index (χ1n) is 10.3. The highest BCUT2D eigenvalue weighted by molar-refractivity contribution is 5.89. The van der Waals surface area contributed by atoms with Gasteiger partial charge in [-0.15, -0.1) is 0 Å². The van der Waals surface area contributed by atoms with E-state index in [2.05, 4.69) is 51.3 Å². The molecule has 2 aromatic rings. The predicted molar refractivity (Wildman–Crippen MR) is 109 cm³/mol. The van der Waals surface area contributed by atoms with Crippen molar-refractivity contribution in [1.82, 2.24) is 29.9 Å². The first-order chi connectivity index (χ1) is 13.3. The monoisotopic (exact) mass is 387 g/mol. The molecule has 3 rings (SSSR count). The van der Waals surface area contributed by atoms with Crippen molar-refractivity contribution in [3.63, 3.8) is 0 Å². The summed E-state index contributed by atoms with van der Waals surface area (Å²) in [5.41, 5.74) is 3.34. The van der Waals surface area contributed by atoms with E-state index in [0.717, 1.165) is 49.7 Å². The molecule has 0 spiro atoms. The summed E-state index contributed by atoms with van der Waals surface area (Å²) in [6, 6.07) is 0. The molecule has 2 aromatic heterocycles. The van der Waals surface area contributed by atoms with E-state index in [1.807, 2.05) is 14.0 Å².